The van der Waals surface area contributed by atoms with Gasteiger partial charge in [0, 0.05) is 18.2 Å². The van der Waals surface area contributed by atoms with Crippen LogP contribution in [-0.4, -0.2) is 64.8 Å². The van der Waals surface area contributed by atoms with Gasteiger partial charge in [0.25, 0.3) is 0 Å². The maximum Gasteiger partial charge on any atom is 0.230 e. The molecule has 0 radical (unpaired) electrons. The highest BCUT2D eigenvalue weighted by Gasteiger charge is 2.20. The molecule has 5 rings (SSSR count). The van der Waals surface area contributed by atoms with Crippen LogP contribution in [0.15, 0.2) is 17.5 Å². The lowest BCUT2D eigenvalue weighted by Gasteiger charge is -2.28. The number of hydrogen-bond donors (Lipinski definition) is 3. The Hall–Kier alpha value is -2.14. The van der Waals surface area contributed by atoms with Crippen LogP contribution in [0.4, 0.5) is 16.8 Å². The van der Waals surface area contributed by atoms with Crippen molar-refractivity contribution in [3.05, 3.63) is 23.2 Å². The molecule has 0 aromatic carbocycles. The Labute approximate surface area is 209 Å². The van der Waals surface area contributed by atoms with Gasteiger partial charge in [-0.05, 0) is 94.6 Å². The first-order chi connectivity index (χ1) is 16.5. The molecule has 184 valence electrons. The number of carbonyl (C=O) groups excluding carboxylic acids is 1. The first kappa shape index (κ1) is 25.0. The Morgan fingerprint density at radius 2 is 1.85 bits per heavy atom. The van der Waals surface area contributed by atoms with E-state index in [1.54, 1.807) is 17.4 Å². The quantitative estimate of drug-likeness (QED) is 0.407. The average Bonchev–Trinajstić information content (AvgIpc) is 3.51. The van der Waals surface area contributed by atoms with Crippen molar-refractivity contribution >= 4 is 56.1 Å². The number of piperidine rings is 1. The summed E-state index contributed by atoms with van der Waals surface area (Å²) in [5.41, 5.74) is 1.34. The second kappa shape index (κ2) is 12.0. The Morgan fingerprint density at radius 1 is 1.09 bits per heavy atom. The molecule has 4 heterocycles. The summed E-state index contributed by atoms with van der Waals surface area (Å²) in [4.78, 5) is 22.4. The predicted octanol–water partition coefficient (Wildman–Crippen LogP) is 4.99. The number of likely N-dealkylation sites (tertiary alicyclic amines) is 1. The van der Waals surface area contributed by atoms with E-state index in [0.29, 0.717) is 17.7 Å². The summed E-state index contributed by atoms with van der Waals surface area (Å²) in [5.74, 6) is 2.24. The van der Waals surface area contributed by atoms with Gasteiger partial charge in [-0.2, -0.15) is 9.36 Å². The molecule has 3 N–H and O–H groups in total. The number of thiophene rings is 1. The first-order valence-electron chi connectivity index (χ1n) is 12.1. The van der Waals surface area contributed by atoms with E-state index in [9.17, 15) is 4.79 Å². The van der Waals surface area contributed by atoms with Crippen molar-refractivity contribution in [1.82, 2.24) is 24.6 Å². The Morgan fingerprint density at radius 3 is 2.53 bits per heavy atom. The summed E-state index contributed by atoms with van der Waals surface area (Å²) in [6.45, 7) is 4.83. The van der Waals surface area contributed by atoms with E-state index in [1.165, 1.54) is 63.1 Å². The summed E-state index contributed by atoms with van der Waals surface area (Å²) in [5, 5.41) is 12.9. The third-order valence-corrected chi connectivity index (χ3v) is 8.30. The Bertz CT molecular complexity index is 1050. The van der Waals surface area contributed by atoms with Crippen molar-refractivity contribution in [2.45, 2.75) is 57.5 Å². The molecule has 2 fully saturated rings. The van der Waals surface area contributed by atoms with Gasteiger partial charge in [-0.25, -0.2) is 4.98 Å². The van der Waals surface area contributed by atoms with E-state index in [0.717, 1.165) is 39.3 Å². The summed E-state index contributed by atoms with van der Waals surface area (Å²) in [6, 6.07) is 4.95. The molecule has 0 unspecified atom stereocenters. The van der Waals surface area contributed by atoms with E-state index < -0.39 is 0 Å². The van der Waals surface area contributed by atoms with Gasteiger partial charge in [-0.3, -0.25) is 4.79 Å². The van der Waals surface area contributed by atoms with E-state index in [2.05, 4.69) is 56.2 Å². The van der Waals surface area contributed by atoms with Gasteiger partial charge in [0.2, 0.25) is 5.95 Å². The lowest BCUT2D eigenvalue weighted by Crippen LogP contribution is -2.39. The molecule has 3 aromatic heterocycles. The molecule has 1 saturated heterocycles. The largest absolute Gasteiger partial charge is 0.366 e. The number of nitrogens with zero attached hydrogens (tertiary/aromatic N) is 4. The van der Waals surface area contributed by atoms with Crippen LogP contribution in [0.25, 0.3) is 10.2 Å². The molecule has 0 atom stereocenters. The number of carbonyl (C=O) groups is 1. The molecule has 1 saturated carbocycles. The van der Waals surface area contributed by atoms with Gasteiger partial charge in [0.15, 0.2) is 6.29 Å². The van der Waals surface area contributed by atoms with Crippen molar-refractivity contribution < 1.29 is 4.79 Å². The summed E-state index contributed by atoms with van der Waals surface area (Å²) >= 11 is 2.88. The Balaban J connectivity index is 0.000000257. The molecule has 1 aliphatic carbocycles. The summed E-state index contributed by atoms with van der Waals surface area (Å²) < 4.78 is 5.13. The van der Waals surface area contributed by atoms with Crippen LogP contribution in [0.3, 0.4) is 0 Å². The van der Waals surface area contributed by atoms with Crippen molar-refractivity contribution in [1.29, 1.82) is 0 Å². The van der Waals surface area contributed by atoms with Crippen LogP contribution in [0.2, 0.25) is 0 Å². The molecular formula is C24H35N7OS2. The maximum absolute atomic E-state index is 10.8. The highest BCUT2D eigenvalue weighted by atomic mass is 32.1. The molecule has 0 spiro atoms. The summed E-state index contributed by atoms with van der Waals surface area (Å²) in [7, 11) is 4.24. The zero-order valence-corrected chi connectivity index (χ0v) is 21.8. The topological polar surface area (TPSA) is 95.1 Å². The maximum atomic E-state index is 10.8. The number of rotatable bonds is 6. The highest BCUT2D eigenvalue weighted by Crippen LogP contribution is 2.32. The SMILES string of the molecule is CC1CCC(Nc2nc(Nc3cc(C=O)ns3)nc3ccsc23)CC1.CNC1CCN(C)CC1. The second-order valence-electron chi connectivity index (χ2n) is 9.36. The van der Waals surface area contributed by atoms with E-state index in [4.69, 9.17) is 0 Å². The van der Waals surface area contributed by atoms with Crippen LogP contribution in [0.1, 0.15) is 55.9 Å². The monoisotopic (exact) mass is 501 g/mol. The summed E-state index contributed by atoms with van der Waals surface area (Å²) in [6.07, 6.45) is 8.24. The van der Waals surface area contributed by atoms with E-state index >= 15 is 0 Å². The van der Waals surface area contributed by atoms with Crippen LogP contribution >= 0.6 is 22.9 Å². The van der Waals surface area contributed by atoms with E-state index in [1.807, 2.05) is 11.4 Å². The number of fused-ring (bicyclic) bond motifs is 1. The third kappa shape index (κ3) is 6.71. The van der Waals surface area contributed by atoms with Crippen molar-refractivity contribution in [3.8, 4) is 0 Å². The number of anilines is 3. The molecule has 8 nitrogen and oxygen atoms in total. The zero-order valence-electron chi connectivity index (χ0n) is 20.2. The fraction of sp³-hybridized carbons (Fsp3) is 0.583. The van der Waals surface area contributed by atoms with Crippen LogP contribution in [0, 0.1) is 5.92 Å². The third-order valence-electron chi connectivity index (χ3n) is 6.67. The van der Waals surface area contributed by atoms with Gasteiger partial charge in [-0.1, -0.05) is 6.92 Å². The van der Waals surface area contributed by atoms with Crippen molar-refractivity contribution in [2.75, 3.05) is 37.8 Å². The lowest BCUT2D eigenvalue weighted by atomic mass is 9.87. The normalized spacial score (nSPS) is 21.6. The first-order valence-corrected chi connectivity index (χ1v) is 13.8. The number of aldehydes is 1. The molecular weight excluding hydrogens is 466 g/mol. The lowest BCUT2D eigenvalue weighted by molar-refractivity contribution is 0.112. The van der Waals surface area contributed by atoms with Crippen molar-refractivity contribution in [3.63, 3.8) is 0 Å². The molecule has 2 aliphatic rings. The molecule has 0 bridgehead atoms. The van der Waals surface area contributed by atoms with Crippen LogP contribution in [-0.2, 0) is 0 Å². The molecule has 10 heteroatoms. The minimum atomic E-state index is 0.416. The smallest absolute Gasteiger partial charge is 0.230 e. The second-order valence-corrected chi connectivity index (χ2v) is 11.1. The Kier molecular flexibility index (Phi) is 8.82. The minimum Gasteiger partial charge on any atom is -0.366 e. The fourth-order valence-corrected chi connectivity index (χ4v) is 5.82. The fourth-order valence-electron chi connectivity index (χ4n) is 4.43. The van der Waals surface area contributed by atoms with Gasteiger partial charge in [0.05, 0.1) is 10.2 Å². The zero-order chi connectivity index (χ0) is 23.9. The van der Waals surface area contributed by atoms with Gasteiger partial charge >= 0.3 is 0 Å². The molecule has 34 heavy (non-hydrogen) atoms. The standard InChI is InChI=1S/C17H19N5OS2.C7H16N2/c1-10-2-4-11(5-3-10)18-16-15-13(6-7-24-15)19-17(21-16)20-14-8-12(9-23)22-25-14;1-8-7-3-5-9(2)6-4-7/h6-11H,2-5H2,1H3,(H2,18,19,20,21);7-8H,3-6H2,1-2H3. The van der Waals surface area contributed by atoms with Gasteiger partial charge in [0.1, 0.15) is 16.5 Å². The molecule has 3 aromatic rings. The highest BCUT2D eigenvalue weighted by molar-refractivity contribution is 7.17. The number of hydrogen-bond acceptors (Lipinski definition) is 10. The van der Waals surface area contributed by atoms with Crippen LogP contribution < -0.4 is 16.0 Å². The van der Waals surface area contributed by atoms with Crippen molar-refractivity contribution in [2.24, 2.45) is 5.92 Å². The van der Waals surface area contributed by atoms with Crippen LogP contribution in [0.5, 0.6) is 0 Å². The molecule has 0 amide bonds. The number of nitrogens with one attached hydrogen (secondary N) is 3. The number of aromatic nitrogens is 3. The van der Waals surface area contributed by atoms with Gasteiger partial charge < -0.3 is 20.9 Å². The average molecular weight is 502 g/mol. The van der Waals surface area contributed by atoms with E-state index in [-0.39, 0.29) is 0 Å². The molecule has 1 aliphatic heterocycles. The predicted molar refractivity (Wildman–Crippen MR) is 143 cm³/mol. The minimum absolute atomic E-state index is 0.416. The van der Waals surface area contributed by atoms with Gasteiger partial charge in [-0.15, -0.1) is 11.3 Å².